The predicted molar refractivity (Wildman–Crippen MR) is 93.6 cm³/mol. The molecule has 1 saturated carbocycles. The topological polar surface area (TPSA) is 93.8 Å². The predicted octanol–water partition coefficient (Wildman–Crippen LogP) is 2.15. The Bertz CT molecular complexity index is 897. The van der Waals surface area contributed by atoms with Crippen LogP contribution in [0.2, 0.25) is 0 Å². The highest BCUT2D eigenvalue weighted by Crippen LogP contribution is 2.42. The van der Waals surface area contributed by atoms with Gasteiger partial charge in [-0.2, -0.15) is 23.4 Å². The average molecular weight is 398 g/mol. The summed E-state index contributed by atoms with van der Waals surface area (Å²) >= 11 is 0. The quantitative estimate of drug-likeness (QED) is 0.780. The van der Waals surface area contributed by atoms with E-state index < -0.39 is 29.6 Å². The molecule has 152 valence electrons. The van der Waals surface area contributed by atoms with Crippen molar-refractivity contribution in [2.45, 2.75) is 38.4 Å². The zero-order valence-corrected chi connectivity index (χ0v) is 15.7. The number of amides is 2. The Morgan fingerprint density at radius 2 is 2.00 bits per heavy atom. The van der Waals surface area contributed by atoms with Crippen molar-refractivity contribution in [3.8, 4) is 0 Å². The van der Waals surface area contributed by atoms with Crippen LogP contribution in [-0.4, -0.2) is 38.4 Å². The van der Waals surface area contributed by atoms with Crippen molar-refractivity contribution >= 4 is 17.5 Å². The Labute approximate surface area is 159 Å². The summed E-state index contributed by atoms with van der Waals surface area (Å²) in [6.45, 7) is 1.60. The lowest BCUT2D eigenvalue weighted by Crippen LogP contribution is -2.27. The van der Waals surface area contributed by atoms with E-state index in [1.165, 1.54) is 22.6 Å². The number of nitrogens with zero attached hydrogens (tertiary/aromatic N) is 4. The number of aromatic nitrogens is 4. The molecule has 28 heavy (non-hydrogen) atoms. The molecule has 2 amide bonds. The number of halogens is 3. The van der Waals surface area contributed by atoms with Gasteiger partial charge in [0.1, 0.15) is 0 Å². The van der Waals surface area contributed by atoms with Crippen molar-refractivity contribution in [2.75, 3.05) is 12.4 Å². The minimum atomic E-state index is -4.53. The fraction of sp³-hybridized carbons (Fsp3) is 0.529. The molecule has 1 fully saturated rings. The van der Waals surface area contributed by atoms with Crippen molar-refractivity contribution in [3.63, 3.8) is 0 Å². The Morgan fingerprint density at radius 1 is 1.32 bits per heavy atom. The minimum Gasteiger partial charge on any atom is -0.354 e. The van der Waals surface area contributed by atoms with E-state index in [1.807, 2.05) is 0 Å². The summed E-state index contributed by atoms with van der Waals surface area (Å²) in [4.78, 5) is 24.4. The van der Waals surface area contributed by atoms with Crippen molar-refractivity contribution in [1.29, 1.82) is 0 Å². The summed E-state index contributed by atoms with van der Waals surface area (Å²) in [5, 5.41) is 12.7. The van der Waals surface area contributed by atoms with E-state index in [-0.39, 0.29) is 23.8 Å². The highest BCUT2D eigenvalue weighted by atomic mass is 19.4. The van der Waals surface area contributed by atoms with Gasteiger partial charge in [0.25, 0.3) is 5.91 Å². The molecule has 0 saturated heterocycles. The number of carbonyl (C=O) groups excluding carboxylic acids is 2. The maximum atomic E-state index is 13.0. The molecular weight excluding hydrogens is 377 g/mol. The molecule has 0 spiro atoms. The highest BCUT2D eigenvalue weighted by Gasteiger charge is 2.38. The molecule has 1 aliphatic carbocycles. The molecule has 11 heteroatoms. The number of alkyl halides is 3. The number of rotatable bonds is 6. The SMILES string of the molecule is CNC(=O)c1nn(C)cc1NC(=O)C(C)Cn1nc(C(F)(F)F)cc1C1CC1. The van der Waals surface area contributed by atoms with E-state index in [0.717, 1.165) is 18.9 Å². The molecule has 2 N–H and O–H groups in total. The van der Waals surface area contributed by atoms with Crippen LogP contribution >= 0.6 is 0 Å². The summed E-state index contributed by atoms with van der Waals surface area (Å²) in [7, 11) is 3.05. The van der Waals surface area contributed by atoms with Crippen LogP contribution in [0.3, 0.4) is 0 Å². The first-order chi connectivity index (χ1) is 13.1. The van der Waals surface area contributed by atoms with Gasteiger partial charge in [-0.1, -0.05) is 6.92 Å². The lowest BCUT2D eigenvalue weighted by molar-refractivity contribution is -0.141. The zero-order chi connectivity index (χ0) is 20.6. The van der Waals surface area contributed by atoms with Gasteiger partial charge in [-0.3, -0.25) is 19.0 Å². The van der Waals surface area contributed by atoms with E-state index in [0.29, 0.717) is 5.69 Å². The number of anilines is 1. The molecule has 2 aromatic rings. The third kappa shape index (κ3) is 4.18. The number of aryl methyl sites for hydroxylation is 1. The van der Waals surface area contributed by atoms with Gasteiger partial charge >= 0.3 is 6.18 Å². The Kier molecular flexibility index (Phi) is 5.18. The lowest BCUT2D eigenvalue weighted by Gasteiger charge is -2.14. The smallest absolute Gasteiger partial charge is 0.354 e. The van der Waals surface area contributed by atoms with Crippen molar-refractivity contribution in [1.82, 2.24) is 24.9 Å². The van der Waals surface area contributed by atoms with Crippen molar-refractivity contribution in [3.05, 3.63) is 29.3 Å². The largest absolute Gasteiger partial charge is 0.435 e. The molecule has 0 radical (unpaired) electrons. The van der Waals surface area contributed by atoms with E-state index in [4.69, 9.17) is 0 Å². The summed E-state index contributed by atoms with van der Waals surface area (Å²) < 4.78 is 41.7. The molecule has 2 aromatic heterocycles. The van der Waals surface area contributed by atoms with Crippen LogP contribution < -0.4 is 10.6 Å². The maximum Gasteiger partial charge on any atom is 0.435 e. The van der Waals surface area contributed by atoms with Gasteiger partial charge in [0.15, 0.2) is 11.4 Å². The maximum absolute atomic E-state index is 13.0. The third-order valence-electron chi connectivity index (χ3n) is 4.52. The zero-order valence-electron chi connectivity index (χ0n) is 15.7. The molecule has 8 nitrogen and oxygen atoms in total. The van der Waals surface area contributed by atoms with Crippen LogP contribution in [0.25, 0.3) is 0 Å². The first kappa shape index (κ1) is 19.9. The lowest BCUT2D eigenvalue weighted by atomic mass is 10.1. The fourth-order valence-electron chi connectivity index (χ4n) is 2.89. The summed E-state index contributed by atoms with van der Waals surface area (Å²) in [6, 6.07) is 1.06. The summed E-state index contributed by atoms with van der Waals surface area (Å²) in [6.07, 6.45) is -1.41. The fourth-order valence-corrected chi connectivity index (χ4v) is 2.89. The Hall–Kier alpha value is -2.85. The Morgan fingerprint density at radius 3 is 2.57 bits per heavy atom. The molecule has 2 heterocycles. The van der Waals surface area contributed by atoms with Crippen LogP contribution in [-0.2, 0) is 24.6 Å². The van der Waals surface area contributed by atoms with E-state index >= 15 is 0 Å². The second-order valence-corrected chi connectivity index (χ2v) is 6.94. The molecule has 1 aliphatic rings. The molecule has 0 aliphatic heterocycles. The highest BCUT2D eigenvalue weighted by molar-refractivity contribution is 6.02. The van der Waals surface area contributed by atoms with Crippen LogP contribution in [0.5, 0.6) is 0 Å². The monoisotopic (exact) mass is 398 g/mol. The molecule has 1 atom stereocenters. The van der Waals surface area contributed by atoms with Crippen molar-refractivity contribution < 1.29 is 22.8 Å². The number of hydrogen-bond acceptors (Lipinski definition) is 4. The normalized spacial score (nSPS) is 15.4. The van der Waals surface area contributed by atoms with Gasteiger partial charge in [0, 0.05) is 31.9 Å². The second kappa shape index (κ2) is 7.28. The van der Waals surface area contributed by atoms with E-state index in [1.54, 1.807) is 14.0 Å². The number of nitrogens with one attached hydrogen (secondary N) is 2. The molecule has 0 bridgehead atoms. The summed E-state index contributed by atoms with van der Waals surface area (Å²) in [5.74, 6) is -1.52. The van der Waals surface area contributed by atoms with Crippen LogP contribution in [0, 0.1) is 5.92 Å². The molecule has 0 aromatic carbocycles. The van der Waals surface area contributed by atoms with Gasteiger partial charge in [0.05, 0.1) is 18.2 Å². The van der Waals surface area contributed by atoms with Crippen LogP contribution in [0.15, 0.2) is 12.3 Å². The average Bonchev–Trinajstić information content (AvgIpc) is 3.26. The van der Waals surface area contributed by atoms with Crippen molar-refractivity contribution in [2.24, 2.45) is 13.0 Å². The second-order valence-electron chi connectivity index (χ2n) is 6.94. The molecular formula is C17H21F3N6O2. The third-order valence-corrected chi connectivity index (χ3v) is 4.52. The number of hydrogen-bond donors (Lipinski definition) is 2. The van der Waals surface area contributed by atoms with Gasteiger partial charge in [-0.05, 0) is 18.9 Å². The van der Waals surface area contributed by atoms with Crippen LogP contribution in [0.4, 0.5) is 18.9 Å². The molecule has 1 unspecified atom stereocenters. The number of carbonyl (C=O) groups is 2. The molecule has 3 rings (SSSR count). The first-order valence-corrected chi connectivity index (χ1v) is 8.81. The standard InChI is InChI=1S/C17H21F3N6O2/c1-9(15(27)22-11-8-25(3)24-14(11)16(28)21-2)7-26-12(10-4-5-10)6-13(23-26)17(18,19)20/h6,8-10H,4-5,7H2,1-3H3,(H,21,28)(H,22,27). The van der Waals surface area contributed by atoms with Crippen LogP contribution in [0.1, 0.15) is 47.6 Å². The van der Waals surface area contributed by atoms with Gasteiger partial charge in [0.2, 0.25) is 5.91 Å². The minimum absolute atomic E-state index is 0.00329. The van der Waals surface area contributed by atoms with E-state index in [2.05, 4.69) is 20.8 Å². The van der Waals surface area contributed by atoms with E-state index in [9.17, 15) is 22.8 Å². The van der Waals surface area contributed by atoms with Gasteiger partial charge in [-0.25, -0.2) is 0 Å². The van der Waals surface area contributed by atoms with Gasteiger partial charge < -0.3 is 10.6 Å². The first-order valence-electron chi connectivity index (χ1n) is 8.81. The summed E-state index contributed by atoms with van der Waals surface area (Å²) in [5.41, 5.74) is -0.157. The Balaban J connectivity index is 1.75. The van der Waals surface area contributed by atoms with Gasteiger partial charge in [-0.15, -0.1) is 0 Å².